The second-order valence-electron chi connectivity index (χ2n) is 5.99. The molecule has 110 valence electrons. The first-order chi connectivity index (χ1) is 9.80. The molecule has 2 aliphatic rings. The third-order valence-electron chi connectivity index (χ3n) is 4.56. The van der Waals surface area contributed by atoms with E-state index in [1.165, 1.54) is 30.6 Å². The molecule has 3 nitrogen and oxygen atoms in total. The van der Waals surface area contributed by atoms with Crippen molar-refractivity contribution < 1.29 is 4.74 Å². The van der Waals surface area contributed by atoms with E-state index in [9.17, 15) is 0 Å². The molecule has 1 aromatic carbocycles. The third kappa shape index (κ3) is 2.78. The lowest BCUT2D eigenvalue weighted by molar-refractivity contribution is 0.190. The zero-order valence-corrected chi connectivity index (χ0v) is 12.7. The summed E-state index contributed by atoms with van der Waals surface area (Å²) in [4.78, 5) is 2.46. The highest BCUT2D eigenvalue weighted by molar-refractivity contribution is 5.61. The molecule has 1 N–H and O–H groups in total. The summed E-state index contributed by atoms with van der Waals surface area (Å²) in [5.41, 5.74) is 2.72. The SMILES string of the molecule is CCC1CN(CC)c2cc(CC3CCCN3)ccc2O1. The van der Waals surface area contributed by atoms with Gasteiger partial charge in [0.05, 0.1) is 12.2 Å². The fourth-order valence-corrected chi connectivity index (χ4v) is 3.33. The zero-order chi connectivity index (χ0) is 13.9. The van der Waals surface area contributed by atoms with E-state index in [1.807, 2.05) is 0 Å². The molecule has 2 atom stereocenters. The lowest BCUT2D eigenvalue weighted by Gasteiger charge is -2.35. The molecule has 1 saturated heterocycles. The first-order valence-corrected chi connectivity index (χ1v) is 8.08. The molecule has 2 aliphatic heterocycles. The summed E-state index contributed by atoms with van der Waals surface area (Å²) in [5, 5.41) is 3.58. The topological polar surface area (TPSA) is 24.5 Å². The van der Waals surface area contributed by atoms with E-state index < -0.39 is 0 Å². The van der Waals surface area contributed by atoms with Gasteiger partial charge in [-0.25, -0.2) is 0 Å². The first kappa shape index (κ1) is 13.7. The monoisotopic (exact) mass is 274 g/mol. The van der Waals surface area contributed by atoms with Crippen molar-refractivity contribution in [2.24, 2.45) is 0 Å². The van der Waals surface area contributed by atoms with Crippen LogP contribution in [0.15, 0.2) is 18.2 Å². The van der Waals surface area contributed by atoms with Crippen LogP contribution in [0.4, 0.5) is 5.69 Å². The molecule has 20 heavy (non-hydrogen) atoms. The van der Waals surface area contributed by atoms with Gasteiger partial charge < -0.3 is 15.0 Å². The Morgan fingerprint density at radius 2 is 2.25 bits per heavy atom. The van der Waals surface area contributed by atoms with Crippen LogP contribution in [-0.4, -0.2) is 31.8 Å². The van der Waals surface area contributed by atoms with Crippen molar-refractivity contribution in [2.45, 2.75) is 51.7 Å². The van der Waals surface area contributed by atoms with Crippen molar-refractivity contribution in [3.05, 3.63) is 23.8 Å². The Kier molecular flexibility index (Phi) is 4.16. The van der Waals surface area contributed by atoms with Gasteiger partial charge in [0.15, 0.2) is 0 Å². The van der Waals surface area contributed by atoms with Crippen molar-refractivity contribution in [1.29, 1.82) is 0 Å². The van der Waals surface area contributed by atoms with Gasteiger partial charge in [-0.1, -0.05) is 13.0 Å². The van der Waals surface area contributed by atoms with Crippen LogP contribution in [0.25, 0.3) is 0 Å². The number of nitrogens with one attached hydrogen (secondary N) is 1. The van der Waals surface area contributed by atoms with Gasteiger partial charge in [-0.2, -0.15) is 0 Å². The number of ether oxygens (including phenoxy) is 1. The summed E-state index contributed by atoms with van der Waals surface area (Å²) in [5.74, 6) is 1.06. The van der Waals surface area contributed by atoms with Gasteiger partial charge in [0.25, 0.3) is 0 Å². The highest BCUT2D eigenvalue weighted by atomic mass is 16.5. The van der Waals surface area contributed by atoms with Gasteiger partial charge in [0.2, 0.25) is 0 Å². The molecule has 0 aromatic heterocycles. The number of benzene rings is 1. The Hall–Kier alpha value is -1.22. The smallest absolute Gasteiger partial charge is 0.143 e. The van der Waals surface area contributed by atoms with Crippen LogP contribution >= 0.6 is 0 Å². The summed E-state index contributed by atoms with van der Waals surface area (Å²) in [7, 11) is 0. The summed E-state index contributed by atoms with van der Waals surface area (Å²) in [6.07, 6.45) is 5.18. The van der Waals surface area contributed by atoms with Crippen LogP contribution in [0.2, 0.25) is 0 Å². The van der Waals surface area contributed by atoms with Crippen LogP contribution in [0.3, 0.4) is 0 Å². The first-order valence-electron chi connectivity index (χ1n) is 8.08. The number of hydrogen-bond donors (Lipinski definition) is 1. The van der Waals surface area contributed by atoms with Gasteiger partial charge in [0.1, 0.15) is 11.9 Å². The number of hydrogen-bond acceptors (Lipinski definition) is 3. The normalized spacial score (nSPS) is 25.4. The van der Waals surface area contributed by atoms with Gasteiger partial charge >= 0.3 is 0 Å². The van der Waals surface area contributed by atoms with Crippen molar-refractivity contribution in [3.8, 4) is 5.75 Å². The summed E-state index contributed by atoms with van der Waals surface area (Å²) >= 11 is 0. The summed E-state index contributed by atoms with van der Waals surface area (Å²) in [6, 6.07) is 7.41. The molecule has 2 unspecified atom stereocenters. The van der Waals surface area contributed by atoms with Crippen LogP contribution in [0.5, 0.6) is 5.75 Å². The van der Waals surface area contributed by atoms with Crippen molar-refractivity contribution in [2.75, 3.05) is 24.5 Å². The molecule has 0 spiro atoms. The number of likely N-dealkylation sites (N-methyl/N-ethyl adjacent to an activating group) is 1. The van der Waals surface area contributed by atoms with Gasteiger partial charge in [0, 0.05) is 12.6 Å². The molecule has 3 rings (SSSR count). The van der Waals surface area contributed by atoms with Gasteiger partial charge in [-0.3, -0.25) is 0 Å². The number of fused-ring (bicyclic) bond motifs is 1. The van der Waals surface area contributed by atoms with Crippen molar-refractivity contribution in [1.82, 2.24) is 5.32 Å². The maximum absolute atomic E-state index is 6.08. The predicted molar refractivity (Wildman–Crippen MR) is 83.8 cm³/mol. The highest BCUT2D eigenvalue weighted by Gasteiger charge is 2.24. The zero-order valence-electron chi connectivity index (χ0n) is 12.7. The third-order valence-corrected chi connectivity index (χ3v) is 4.56. The molecular weight excluding hydrogens is 248 g/mol. The van der Waals surface area contributed by atoms with Crippen LogP contribution in [0, 0.1) is 0 Å². The molecule has 0 amide bonds. The van der Waals surface area contributed by atoms with E-state index in [2.05, 4.69) is 42.3 Å². The second kappa shape index (κ2) is 6.04. The quantitative estimate of drug-likeness (QED) is 0.913. The summed E-state index contributed by atoms with van der Waals surface area (Å²) in [6.45, 7) is 7.68. The van der Waals surface area contributed by atoms with E-state index in [0.29, 0.717) is 12.1 Å². The number of nitrogens with zero attached hydrogens (tertiary/aromatic N) is 1. The van der Waals surface area contributed by atoms with Crippen molar-refractivity contribution in [3.63, 3.8) is 0 Å². The molecule has 0 saturated carbocycles. The Balaban J connectivity index is 1.79. The van der Waals surface area contributed by atoms with Gasteiger partial charge in [-0.05, 0) is 56.8 Å². The predicted octanol–water partition coefficient (Wildman–Crippen LogP) is 2.98. The molecule has 0 radical (unpaired) electrons. The summed E-state index contributed by atoms with van der Waals surface area (Å²) < 4.78 is 6.08. The average Bonchev–Trinajstić information content (AvgIpc) is 2.99. The lowest BCUT2D eigenvalue weighted by Crippen LogP contribution is -2.39. The molecule has 1 aromatic rings. The highest BCUT2D eigenvalue weighted by Crippen LogP contribution is 2.35. The van der Waals surface area contributed by atoms with E-state index in [-0.39, 0.29) is 0 Å². The molecule has 1 fully saturated rings. The Bertz CT molecular complexity index is 454. The minimum Gasteiger partial charge on any atom is -0.486 e. The van der Waals surface area contributed by atoms with E-state index in [1.54, 1.807) is 0 Å². The van der Waals surface area contributed by atoms with E-state index in [4.69, 9.17) is 4.74 Å². The van der Waals surface area contributed by atoms with Crippen LogP contribution < -0.4 is 15.0 Å². The second-order valence-corrected chi connectivity index (χ2v) is 5.99. The maximum atomic E-state index is 6.08. The minimum absolute atomic E-state index is 0.338. The molecule has 2 heterocycles. The molecule has 3 heteroatoms. The lowest BCUT2D eigenvalue weighted by atomic mass is 10.0. The van der Waals surface area contributed by atoms with Crippen molar-refractivity contribution >= 4 is 5.69 Å². The Labute approximate surface area is 122 Å². The van der Waals surface area contributed by atoms with Crippen LogP contribution in [0.1, 0.15) is 38.7 Å². The van der Waals surface area contributed by atoms with Crippen LogP contribution in [-0.2, 0) is 6.42 Å². The van der Waals surface area contributed by atoms with E-state index in [0.717, 1.165) is 31.7 Å². The largest absolute Gasteiger partial charge is 0.486 e. The Morgan fingerprint density at radius 3 is 2.95 bits per heavy atom. The number of anilines is 1. The Morgan fingerprint density at radius 1 is 1.35 bits per heavy atom. The van der Waals surface area contributed by atoms with E-state index >= 15 is 0 Å². The molecule has 0 aliphatic carbocycles. The minimum atomic E-state index is 0.338. The standard InChI is InChI=1S/C17H26N2O/c1-3-15-12-19(4-2)16-11-13(7-8-17(16)20-15)10-14-6-5-9-18-14/h7-8,11,14-15,18H,3-6,9-10,12H2,1-2H3. The maximum Gasteiger partial charge on any atom is 0.143 e. The fraction of sp³-hybridized carbons (Fsp3) is 0.647. The molecule has 0 bridgehead atoms. The fourth-order valence-electron chi connectivity index (χ4n) is 3.33. The molecular formula is C17H26N2O. The number of rotatable bonds is 4. The van der Waals surface area contributed by atoms with Gasteiger partial charge in [-0.15, -0.1) is 0 Å². The average molecular weight is 274 g/mol.